The average molecular weight is 482 g/mol. The SMILES string of the molecule is O=c1ccc(C#Cc2ccc(Cc3cc([C@@H]4OC(CO)[C@@H](O)[C@H](O)[C@H]4O)ccc3Cl)cc2)c[nH]1. The predicted octanol–water partition coefficient (Wildman–Crippen LogP) is 1.53. The maximum atomic E-state index is 11.1. The zero-order valence-electron chi connectivity index (χ0n) is 18.1. The third-order valence-corrected chi connectivity index (χ3v) is 6.14. The van der Waals surface area contributed by atoms with Gasteiger partial charge in [-0.3, -0.25) is 4.79 Å². The van der Waals surface area contributed by atoms with Crippen molar-refractivity contribution in [3.05, 3.63) is 104 Å². The largest absolute Gasteiger partial charge is 0.394 e. The van der Waals surface area contributed by atoms with E-state index in [1.807, 2.05) is 24.3 Å². The molecule has 1 aliphatic heterocycles. The molecule has 0 spiro atoms. The molecule has 1 aliphatic rings. The van der Waals surface area contributed by atoms with Crippen molar-refractivity contribution < 1.29 is 25.2 Å². The van der Waals surface area contributed by atoms with Crippen molar-refractivity contribution in [2.45, 2.75) is 36.9 Å². The zero-order chi connectivity index (χ0) is 24.2. The van der Waals surface area contributed by atoms with Crippen molar-refractivity contribution in [1.29, 1.82) is 0 Å². The van der Waals surface area contributed by atoms with Crippen LogP contribution in [-0.2, 0) is 11.2 Å². The normalized spacial score (nSPS) is 24.3. The number of aromatic amines is 1. The van der Waals surface area contributed by atoms with Crippen LogP contribution in [0.1, 0.15) is 33.9 Å². The van der Waals surface area contributed by atoms with E-state index in [0.29, 0.717) is 22.6 Å². The van der Waals surface area contributed by atoms with Crippen molar-refractivity contribution in [2.75, 3.05) is 6.61 Å². The average Bonchev–Trinajstić information content (AvgIpc) is 2.85. The van der Waals surface area contributed by atoms with Crippen LogP contribution >= 0.6 is 11.6 Å². The van der Waals surface area contributed by atoms with Crippen molar-refractivity contribution in [1.82, 2.24) is 4.98 Å². The monoisotopic (exact) mass is 481 g/mol. The lowest BCUT2D eigenvalue weighted by Gasteiger charge is -2.40. The van der Waals surface area contributed by atoms with Crippen molar-refractivity contribution in [3.63, 3.8) is 0 Å². The van der Waals surface area contributed by atoms with Crippen molar-refractivity contribution >= 4 is 11.6 Å². The lowest BCUT2D eigenvalue weighted by Crippen LogP contribution is -2.55. The highest BCUT2D eigenvalue weighted by Gasteiger charge is 2.44. The van der Waals surface area contributed by atoms with E-state index in [9.17, 15) is 25.2 Å². The number of hydrogen-bond donors (Lipinski definition) is 5. The number of H-pyrrole nitrogens is 1. The number of nitrogens with one attached hydrogen (secondary N) is 1. The van der Waals surface area contributed by atoms with Crippen LogP contribution in [0.4, 0.5) is 0 Å². The number of halogens is 1. The molecule has 1 aromatic heterocycles. The Morgan fingerprint density at radius 1 is 0.912 bits per heavy atom. The molecule has 1 fully saturated rings. The minimum Gasteiger partial charge on any atom is -0.394 e. The van der Waals surface area contributed by atoms with Crippen LogP contribution in [0.25, 0.3) is 0 Å². The van der Waals surface area contributed by atoms with E-state index >= 15 is 0 Å². The molecule has 2 aromatic carbocycles. The molecule has 4 rings (SSSR count). The highest BCUT2D eigenvalue weighted by atomic mass is 35.5. The summed E-state index contributed by atoms with van der Waals surface area (Å²) >= 11 is 6.41. The van der Waals surface area contributed by atoms with E-state index < -0.39 is 37.1 Å². The summed E-state index contributed by atoms with van der Waals surface area (Å²) in [6.07, 6.45) is -4.03. The van der Waals surface area contributed by atoms with Crippen molar-refractivity contribution in [3.8, 4) is 11.8 Å². The molecule has 2 heterocycles. The van der Waals surface area contributed by atoms with Crippen LogP contribution in [0.2, 0.25) is 5.02 Å². The molecule has 5 atom stereocenters. The van der Waals surface area contributed by atoms with E-state index in [2.05, 4.69) is 16.8 Å². The third-order valence-electron chi connectivity index (χ3n) is 5.77. The first kappa shape index (κ1) is 24.2. The molecule has 0 aliphatic carbocycles. The van der Waals surface area contributed by atoms with E-state index in [4.69, 9.17) is 16.3 Å². The molecule has 0 amide bonds. The summed E-state index contributed by atoms with van der Waals surface area (Å²) in [5.74, 6) is 6.04. The summed E-state index contributed by atoms with van der Waals surface area (Å²) in [4.78, 5) is 13.7. The van der Waals surface area contributed by atoms with Gasteiger partial charge in [0.2, 0.25) is 5.56 Å². The number of rotatable bonds is 4. The lowest BCUT2D eigenvalue weighted by atomic mass is 9.90. The Kier molecular flexibility index (Phi) is 7.49. The minimum atomic E-state index is -1.44. The van der Waals surface area contributed by atoms with E-state index in [-0.39, 0.29) is 5.56 Å². The molecule has 0 bridgehead atoms. The highest BCUT2D eigenvalue weighted by molar-refractivity contribution is 6.31. The topological polar surface area (TPSA) is 123 Å². The van der Waals surface area contributed by atoms with Gasteiger partial charge in [0, 0.05) is 28.4 Å². The summed E-state index contributed by atoms with van der Waals surface area (Å²) < 4.78 is 5.66. The fourth-order valence-electron chi connectivity index (χ4n) is 3.84. The van der Waals surface area contributed by atoms with Gasteiger partial charge in [-0.2, -0.15) is 0 Å². The summed E-state index contributed by atoms with van der Waals surface area (Å²) in [7, 11) is 0. The van der Waals surface area contributed by atoms with Crippen LogP contribution < -0.4 is 5.56 Å². The zero-order valence-corrected chi connectivity index (χ0v) is 18.8. The Morgan fingerprint density at radius 2 is 1.62 bits per heavy atom. The number of benzene rings is 2. The van der Waals surface area contributed by atoms with E-state index in [0.717, 1.165) is 16.7 Å². The number of pyridine rings is 1. The third kappa shape index (κ3) is 5.40. The van der Waals surface area contributed by atoms with Crippen LogP contribution in [0.3, 0.4) is 0 Å². The first-order valence-corrected chi connectivity index (χ1v) is 11.1. The van der Waals surface area contributed by atoms with Crippen molar-refractivity contribution in [2.24, 2.45) is 0 Å². The van der Waals surface area contributed by atoms with Gasteiger partial charge in [0.05, 0.1) is 6.61 Å². The maximum Gasteiger partial charge on any atom is 0.247 e. The maximum absolute atomic E-state index is 11.1. The van der Waals surface area contributed by atoms with Crippen LogP contribution in [-0.4, -0.2) is 56.4 Å². The molecular formula is C26H24ClNO6. The molecule has 8 heteroatoms. The Hall–Kier alpha value is -2.96. The Balaban J connectivity index is 1.51. The molecule has 0 saturated carbocycles. The molecule has 176 valence electrons. The lowest BCUT2D eigenvalue weighted by molar-refractivity contribution is -0.231. The summed E-state index contributed by atoms with van der Waals surface area (Å²) in [5.41, 5.74) is 3.71. The van der Waals surface area contributed by atoms with E-state index in [1.165, 1.54) is 6.07 Å². The summed E-state index contributed by atoms with van der Waals surface area (Å²) in [5, 5.41) is 40.5. The number of aliphatic hydroxyl groups is 4. The first-order valence-electron chi connectivity index (χ1n) is 10.7. The van der Waals surface area contributed by atoms with Gasteiger partial charge in [0.25, 0.3) is 0 Å². The first-order chi connectivity index (χ1) is 16.4. The van der Waals surface area contributed by atoms with Gasteiger partial charge in [-0.15, -0.1) is 0 Å². The fraction of sp³-hybridized carbons (Fsp3) is 0.269. The van der Waals surface area contributed by atoms with Gasteiger partial charge in [0.15, 0.2) is 0 Å². The van der Waals surface area contributed by atoms with Crippen LogP contribution in [0.5, 0.6) is 0 Å². The Labute approximate surface area is 201 Å². The predicted molar refractivity (Wildman–Crippen MR) is 126 cm³/mol. The van der Waals surface area contributed by atoms with Gasteiger partial charge in [-0.25, -0.2) is 0 Å². The highest BCUT2D eigenvalue weighted by Crippen LogP contribution is 2.34. The Bertz CT molecular complexity index is 1240. The van der Waals surface area contributed by atoms with E-state index in [1.54, 1.807) is 30.5 Å². The summed E-state index contributed by atoms with van der Waals surface area (Å²) in [6.45, 7) is -0.487. The quantitative estimate of drug-likeness (QED) is 0.360. The molecule has 1 saturated heterocycles. The van der Waals surface area contributed by atoms with Gasteiger partial charge >= 0.3 is 0 Å². The van der Waals surface area contributed by atoms with Gasteiger partial charge in [-0.05, 0) is 47.4 Å². The number of aliphatic hydroxyl groups excluding tert-OH is 4. The molecule has 5 N–H and O–H groups in total. The molecular weight excluding hydrogens is 458 g/mol. The van der Waals surface area contributed by atoms with Crippen LogP contribution in [0, 0.1) is 11.8 Å². The second-order valence-electron chi connectivity index (χ2n) is 8.17. The minimum absolute atomic E-state index is 0.177. The standard InChI is InChI=1S/C26H24ClNO6/c27-20-9-8-18(26-25(33)24(32)23(31)21(14-29)34-26)12-19(20)11-16-4-1-15(2-5-16)3-6-17-7-10-22(30)28-13-17/h1-2,4-5,7-10,12-13,21,23-26,29,31-33H,11,14H2,(H,28,30)/t21?,23-,24+,25-,26+/m1/s1. The molecule has 0 radical (unpaired) electrons. The molecule has 3 aromatic rings. The molecule has 1 unspecified atom stereocenters. The number of aromatic nitrogens is 1. The Morgan fingerprint density at radius 3 is 2.29 bits per heavy atom. The fourth-order valence-corrected chi connectivity index (χ4v) is 4.03. The van der Waals surface area contributed by atoms with Crippen LogP contribution in [0.15, 0.2) is 65.6 Å². The second-order valence-corrected chi connectivity index (χ2v) is 8.57. The number of ether oxygens (including phenoxy) is 1. The number of hydrogen-bond acceptors (Lipinski definition) is 6. The molecule has 34 heavy (non-hydrogen) atoms. The smallest absolute Gasteiger partial charge is 0.247 e. The van der Waals surface area contributed by atoms with Gasteiger partial charge in [-0.1, -0.05) is 47.7 Å². The molecule has 7 nitrogen and oxygen atoms in total. The van der Waals surface area contributed by atoms with Gasteiger partial charge < -0.3 is 30.1 Å². The second kappa shape index (κ2) is 10.5. The summed E-state index contributed by atoms with van der Waals surface area (Å²) in [6, 6.07) is 15.9. The van der Waals surface area contributed by atoms with Gasteiger partial charge in [0.1, 0.15) is 30.5 Å².